The lowest BCUT2D eigenvalue weighted by Gasteiger charge is -2.35. The molecule has 0 heterocycles. The van der Waals surface area contributed by atoms with Gasteiger partial charge in [0.1, 0.15) is 0 Å². The summed E-state index contributed by atoms with van der Waals surface area (Å²) >= 11 is 0. The Balaban J connectivity index is 2.53. The predicted octanol–water partition coefficient (Wildman–Crippen LogP) is 2.94. The maximum atomic E-state index is 10.2. The van der Waals surface area contributed by atoms with Gasteiger partial charge in [0.15, 0.2) is 0 Å². The summed E-state index contributed by atoms with van der Waals surface area (Å²) in [7, 11) is 0. The Morgan fingerprint density at radius 2 is 1.78 bits per heavy atom. The third-order valence-corrected chi connectivity index (χ3v) is 3.66. The minimum absolute atomic E-state index is 0.509. The Bertz CT molecular complexity index is 357. The highest BCUT2D eigenvalue weighted by molar-refractivity contribution is 5.14. The van der Waals surface area contributed by atoms with Crippen molar-refractivity contribution in [3.05, 3.63) is 48.6 Å². The molecule has 1 aromatic carbocycles. The molecule has 0 aliphatic rings. The van der Waals surface area contributed by atoms with E-state index in [0.717, 1.165) is 6.42 Å². The van der Waals surface area contributed by atoms with Crippen molar-refractivity contribution in [1.29, 1.82) is 0 Å². The molecular formula is C16H24O2. The molecule has 2 atom stereocenters. The molecule has 100 valence electrons. The molecule has 0 aliphatic carbocycles. The Morgan fingerprint density at radius 3 is 2.33 bits per heavy atom. The number of aliphatic hydroxyl groups is 2. The summed E-state index contributed by atoms with van der Waals surface area (Å²) in [4.78, 5) is 0. The molecule has 1 aromatic rings. The number of aryl methyl sites for hydroxylation is 1. The topological polar surface area (TPSA) is 40.5 Å². The van der Waals surface area contributed by atoms with Crippen molar-refractivity contribution in [2.45, 2.75) is 45.3 Å². The molecule has 0 aromatic heterocycles. The van der Waals surface area contributed by atoms with Crippen LogP contribution in [0.4, 0.5) is 0 Å². The van der Waals surface area contributed by atoms with Crippen LogP contribution in [0.2, 0.25) is 0 Å². The minimum Gasteiger partial charge on any atom is -0.392 e. The lowest BCUT2D eigenvalue weighted by atomic mass is 9.77. The highest BCUT2D eigenvalue weighted by Gasteiger charge is 2.34. The monoisotopic (exact) mass is 248 g/mol. The van der Waals surface area contributed by atoms with E-state index >= 15 is 0 Å². The largest absolute Gasteiger partial charge is 0.392 e. The van der Waals surface area contributed by atoms with E-state index in [1.807, 2.05) is 32.0 Å². The number of benzene rings is 1. The lowest BCUT2D eigenvalue weighted by Crippen LogP contribution is -2.40. The van der Waals surface area contributed by atoms with E-state index < -0.39 is 17.6 Å². The number of aliphatic hydroxyl groups excluding tert-OH is 2. The van der Waals surface area contributed by atoms with Crippen LogP contribution >= 0.6 is 0 Å². The van der Waals surface area contributed by atoms with Crippen LogP contribution in [0.3, 0.4) is 0 Å². The maximum absolute atomic E-state index is 10.2. The van der Waals surface area contributed by atoms with Gasteiger partial charge >= 0.3 is 0 Å². The molecule has 2 unspecified atom stereocenters. The number of hydrogen-bond acceptors (Lipinski definition) is 2. The molecule has 0 spiro atoms. The third kappa shape index (κ3) is 3.97. The zero-order valence-corrected chi connectivity index (χ0v) is 11.3. The van der Waals surface area contributed by atoms with Gasteiger partial charge < -0.3 is 10.2 Å². The lowest BCUT2D eigenvalue weighted by molar-refractivity contribution is -0.0486. The maximum Gasteiger partial charge on any atom is 0.0650 e. The predicted molar refractivity (Wildman–Crippen MR) is 75.4 cm³/mol. The second kappa shape index (κ2) is 6.72. The summed E-state index contributed by atoms with van der Waals surface area (Å²) in [6.45, 7) is 7.42. The highest BCUT2D eigenvalue weighted by atomic mass is 16.3. The molecule has 0 bridgehead atoms. The zero-order valence-electron chi connectivity index (χ0n) is 11.3. The van der Waals surface area contributed by atoms with Gasteiger partial charge in [-0.2, -0.15) is 0 Å². The molecular weight excluding hydrogens is 224 g/mol. The zero-order chi connectivity index (χ0) is 13.6. The molecule has 0 fully saturated rings. The normalized spacial score (nSPS) is 15.1. The Kier molecular flexibility index (Phi) is 5.57. The van der Waals surface area contributed by atoms with Crippen molar-refractivity contribution in [2.75, 3.05) is 0 Å². The SMILES string of the molecule is C=CCC(O)C(C)(C)C(O)CCc1ccccc1. The Morgan fingerprint density at radius 1 is 1.17 bits per heavy atom. The first-order valence-corrected chi connectivity index (χ1v) is 6.49. The average Bonchev–Trinajstić information content (AvgIpc) is 2.37. The molecule has 0 aliphatic heterocycles. The van der Waals surface area contributed by atoms with E-state index in [1.54, 1.807) is 6.08 Å². The van der Waals surface area contributed by atoms with E-state index in [9.17, 15) is 10.2 Å². The van der Waals surface area contributed by atoms with Gasteiger partial charge in [0, 0.05) is 5.41 Å². The van der Waals surface area contributed by atoms with Gasteiger partial charge in [-0.15, -0.1) is 6.58 Å². The molecule has 0 radical (unpaired) electrons. The Labute approximate surface area is 110 Å². The van der Waals surface area contributed by atoms with Gasteiger partial charge in [0.05, 0.1) is 12.2 Å². The molecule has 0 amide bonds. The minimum atomic E-state index is -0.555. The van der Waals surface area contributed by atoms with E-state index in [1.165, 1.54) is 5.56 Å². The summed E-state index contributed by atoms with van der Waals surface area (Å²) in [5, 5.41) is 20.3. The van der Waals surface area contributed by atoms with Crippen LogP contribution in [-0.2, 0) is 6.42 Å². The van der Waals surface area contributed by atoms with Gasteiger partial charge in [-0.3, -0.25) is 0 Å². The van der Waals surface area contributed by atoms with Gasteiger partial charge in [-0.1, -0.05) is 50.3 Å². The van der Waals surface area contributed by atoms with Crippen molar-refractivity contribution < 1.29 is 10.2 Å². The summed E-state index contributed by atoms with van der Waals surface area (Å²) < 4.78 is 0. The fourth-order valence-electron chi connectivity index (χ4n) is 2.00. The van der Waals surface area contributed by atoms with Crippen LogP contribution in [0.1, 0.15) is 32.3 Å². The van der Waals surface area contributed by atoms with Crippen molar-refractivity contribution in [1.82, 2.24) is 0 Å². The van der Waals surface area contributed by atoms with Crippen LogP contribution < -0.4 is 0 Å². The molecule has 18 heavy (non-hydrogen) atoms. The van der Waals surface area contributed by atoms with E-state index in [0.29, 0.717) is 12.8 Å². The highest BCUT2D eigenvalue weighted by Crippen LogP contribution is 2.30. The number of rotatable bonds is 7. The van der Waals surface area contributed by atoms with Gasteiger partial charge in [-0.25, -0.2) is 0 Å². The molecule has 2 heteroatoms. The average molecular weight is 248 g/mol. The van der Waals surface area contributed by atoms with Crippen molar-refractivity contribution in [2.24, 2.45) is 5.41 Å². The summed E-state index contributed by atoms with van der Waals surface area (Å²) in [6.07, 6.45) is 2.61. The van der Waals surface area contributed by atoms with E-state index in [-0.39, 0.29) is 0 Å². The van der Waals surface area contributed by atoms with Crippen molar-refractivity contribution in [3.8, 4) is 0 Å². The summed E-state index contributed by atoms with van der Waals surface area (Å²) in [5.74, 6) is 0. The second-order valence-corrected chi connectivity index (χ2v) is 5.40. The van der Waals surface area contributed by atoms with Gasteiger partial charge in [0.2, 0.25) is 0 Å². The molecule has 1 rings (SSSR count). The van der Waals surface area contributed by atoms with Gasteiger partial charge in [0.25, 0.3) is 0 Å². The fourth-order valence-corrected chi connectivity index (χ4v) is 2.00. The smallest absolute Gasteiger partial charge is 0.0650 e. The first-order valence-electron chi connectivity index (χ1n) is 6.49. The fraction of sp³-hybridized carbons (Fsp3) is 0.500. The quantitative estimate of drug-likeness (QED) is 0.728. The van der Waals surface area contributed by atoms with Crippen LogP contribution in [0.25, 0.3) is 0 Å². The van der Waals surface area contributed by atoms with Crippen molar-refractivity contribution >= 4 is 0 Å². The van der Waals surface area contributed by atoms with Crippen LogP contribution in [0.5, 0.6) is 0 Å². The first kappa shape index (κ1) is 14.9. The van der Waals surface area contributed by atoms with E-state index in [2.05, 4.69) is 18.7 Å². The first-order chi connectivity index (χ1) is 8.48. The molecule has 0 saturated heterocycles. The van der Waals surface area contributed by atoms with E-state index in [4.69, 9.17) is 0 Å². The molecule has 2 N–H and O–H groups in total. The van der Waals surface area contributed by atoms with Crippen molar-refractivity contribution in [3.63, 3.8) is 0 Å². The number of hydrogen-bond donors (Lipinski definition) is 2. The Hall–Kier alpha value is -1.12. The summed E-state index contributed by atoms with van der Waals surface area (Å²) in [6, 6.07) is 10.1. The summed E-state index contributed by atoms with van der Waals surface area (Å²) in [5.41, 5.74) is 0.703. The molecule has 0 saturated carbocycles. The van der Waals surface area contributed by atoms with Crippen LogP contribution in [0, 0.1) is 5.41 Å². The standard InChI is InChI=1S/C16H24O2/c1-4-8-14(17)16(2,3)15(18)12-11-13-9-6-5-7-10-13/h4-7,9-10,14-15,17-18H,1,8,11-12H2,2-3H3. The third-order valence-electron chi connectivity index (χ3n) is 3.66. The van der Waals surface area contributed by atoms with Crippen LogP contribution in [-0.4, -0.2) is 22.4 Å². The van der Waals surface area contributed by atoms with Gasteiger partial charge in [-0.05, 0) is 24.8 Å². The second-order valence-electron chi connectivity index (χ2n) is 5.40. The molecule has 2 nitrogen and oxygen atoms in total. The van der Waals surface area contributed by atoms with Crippen LogP contribution in [0.15, 0.2) is 43.0 Å².